The summed E-state index contributed by atoms with van der Waals surface area (Å²) in [5.74, 6) is 0.834. The molecule has 96 valence electrons. The van der Waals surface area contributed by atoms with Crippen LogP contribution in [-0.4, -0.2) is 37.1 Å². The minimum Gasteiger partial charge on any atom is -0.317 e. The number of rotatable bonds is 8. The molecule has 1 rings (SSSR count). The van der Waals surface area contributed by atoms with E-state index in [1.807, 2.05) is 0 Å². The summed E-state index contributed by atoms with van der Waals surface area (Å²) in [6, 6.07) is 0.864. The largest absolute Gasteiger partial charge is 0.317 e. The van der Waals surface area contributed by atoms with Gasteiger partial charge in [-0.2, -0.15) is 0 Å². The molecule has 1 atom stereocenters. The summed E-state index contributed by atoms with van der Waals surface area (Å²) < 4.78 is 0. The zero-order chi connectivity index (χ0) is 11.8. The number of likely N-dealkylation sites (tertiary alicyclic amines) is 1. The lowest BCUT2D eigenvalue weighted by molar-refractivity contribution is 0.203. The highest BCUT2D eigenvalue weighted by atomic mass is 15.2. The predicted molar refractivity (Wildman–Crippen MR) is 71.8 cm³/mol. The second-order valence-electron chi connectivity index (χ2n) is 5.45. The van der Waals surface area contributed by atoms with Gasteiger partial charge in [0.25, 0.3) is 0 Å². The first-order chi connectivity index (χ1) is 7.75. The molecule has 0 saturated carbocycles. The van der Waals surface area contributed by atoms with Gasteiger partial charge >= 0.3 is 0 Å². The van der Waals surface area contributed by atoms with Crippen LogP contribution in [0.3, 0.4) is 0 Å². The van der Waals surface area contributed by atoms with Gasteiger partial charge < -0.3 is 10.2 Å². The minimum atomic E-state index is 0.834. The number of hydrogen-bond donors (Lipinski definition) is 1. The van der Waals surface area contributed by atoms with Gasteiger partial charge in [0.2, 0.25) is 0 Å². The van der Waals surface area contributed by atoms with E-state index in [0.717, 1.165) is 12.0 Å². The molecule has 0 aliphatic carbocycles. The average molecular weight is 226 g/mol. The molecule has 0 amide bonds. The summed E-state index contributed by atoms with van der Waals surface area (Å²) in [5, 5.41) is 3.48. The van der Waals surface area contributed by atoms with Crippen molar-refractivity contribution in [3.8, 4) is 0 Å². The van der Waals surface area contributed by atoms with Gasteiger partial charge in [0.1, 0.15) is 0 Å². The summed E-state index contributed by atoms with van der Waals surface area (Å²) in [7, 11) is 0. The Balaban J connectivity index is 2.03. The van der Waals surface area contributed by atoms with Gasteiger partial charge in [-0.15, -0.1) is 0 Å². The zero-order valence-electron chi connectivity index (χ0n) is 11.5. The highest BCUT2D eigenvalue weighted by Crippen LogP contribution is 2.23. The quantitative estimate of drug-likeness (QED) is 0.640. The van der Waals surface area contributed by atoms with Crippen LogP contribution in [0.25, 0.3) is 0 Å². The maximum absolute atomic E-state index is 3.48. The maximum Gasteiger partial charge on any atom is 0.0119 e. The average Bonchev–Trinajstić information content (AvgIpc) is 2.71. The molecule has 1 aliphatic rings. The summed E-state index contributed by atoms with van der Waals surface area (Å²) >= 11 is 0. The van der Waals surface area contributed by atoms with Gasteiger partial charge in [-0.1, -0.05) is 20.8 Å². The Morgan fingerprint density at radius 3 is 2.75 bits per heavy atom. The summed E-state index contributed by atoms with van der Waals surface area (Å²) in [6.45, 7) is 12.0. The molecule has 2 nitrogen and oxygen atoms in total. The molecule has 1 heterocycles. The lowest BCUT2D eigenvalue weighted by Gasteiger charge is -2.27. The summed E-state index contributed by atoms with van der Waals surface area (Å²) in [5.41, 5.74) is 0. The lowest BCUT2D eigenvalue weighted by atomic mass is 10.0. The molecule has 0 spiro atoms. The molecule has 0 aromatic rings. The van der Waals surface area contributed by atoms with Crippen LogP contribution >= 0.6 is 0 Å². The Morgan fingerprint density at radius 2 is 2.06 bits per heavy atom. The van der Waals surface area contributed by atoms with Crippen molar-refractivity contribution in [3.63, 3.8) is 0 Å². The van der Waals surface area contributed by atoms with Gasteiger partial charge in [-0.05, 0) is 64.2 Å². The minimum absolute atomic E-state index is 0.834. The highest BCUT2D eigenvalue weighted by molar-refractivity contribution is 4.81. The predicted octanol–water partition coefficient (Wildman–Crippen LogP) is 2.89. The van der Waals surface area contributed by atoms with Crippen LogP contribution in [0, 0.1) is 5.92 Å². The molecular formula is C14H30N2. The Labute approximate surface area is 102 Å². The first-order valence-corrected chi connectivity index (χ1v) is 7.20. The molecular weight excluding hydrogens is 196 g/mol. The van der Waals surface area contributed by atoms with Gasteiger partial charge in [0.15, 0.2) is 0 Å². The third-order valence-corrected chi connectivity index (χ3v) is 3.66. The van der Waals surface area contributed by atoms with Crippen molar-refractivity contribution in [2.45, 2.75) is 58.9 Å². The number of hydrogen-bond acceptors (Lipinski definition) is 2. The van der Waals surface area contributed by atoms with Crippen molar-refractivity contribution in [1.82, 2.24) is 10.2 Å². The molecule has 0 aromatic carbocycles. The fourth-order valence-electron chi connectivity index (χ4n) is 2.75. The summed E-state index contributed by atoms with van der Waals surface area (Å²) in [6.07, 6.45) is 6.78. The number of nitrogens with one attached hydrogen (secondary N) is 1. The topological polar surface area (TPSA) is 15.3 Å². The molecule has 1 saturated heterocycles. The molecule has 1 fully saturated rings. The second-order valence-corrected chi connectivity index (χ2v) is 5.45. The van der Waals surface area contributed by atoms with E-state index in [1.54, 1.807) is 0 Å². The highest BCUT2D eigenvalue weighted by Gasteiger charge is 2.25. The van der Waals surface area contributed by atoms with E-state index in [1.165, 1.54) is 58.3 Å². The van der Waals surface area contributed by atoms with Crippen LogP contribution < -0.4 is 5.32 Å². The van der Waals surface area contributed by atoms with Gasteiger partial charge in [0.05, 0.1) is 0 Å². The van der Waals surface area contributed by atoms with E-state index in [2.05, 4.69) is 31.0 Å². The van der Waals surface area contributed by atoms with Crippen molar-refractivity contribution in [1.29, 1.82) is 0 Å². The van der Waals surface area contributed by atoms with Crippen LogP contribution in [0.15, 0.2) is 0 Å². The van der Waals surface area contributed by atoms with Gasteiger partial charge in [-0.3, -0.25) is 0 Å². The normalized spacial score (nSPS) is 22.1. The van der Waals surface area contributed by atoms with Crippen molar-refractivity contribution < 1.29 is 0 Å². The van der Waals surface area contributed by atoms with Gasteiger partial charge in [-0.25, -0.2) is 0 Å². The molecule has 2 heteroatoms. The molecule has 0 radical (unpaired) electrons. The maximum atomic E-state index is 3.48. The van der Waals surface area contributed by atoms with Crippen molar-refractivity contribution >= 4 is 0 Å². The first-order valence-electron chi connectivity index (χ1n) is 7.20. The third kappa shape index (κ3) is 4.84. The Bertz CT molecular complexity index is 168. The molecule has 1 aliphatic heterocycles. The Kier molecular flexibility index (Phi) is 7.06. The molecule has 0 bridgehead atoms. The molecule has 16 heavy (non-hydrogen) atoms. The molecule has 1 unspecified atom stereocenters. The van der Waals surface area contributed by atoms with E-state index in [4.69, 9.17) is 0 Å². The van der Waals surface area contributed by atoms with E-state index in [-0.39, 0.29) is 0 Å². The van der Waals surface area contributed by atoms with Crippen LogP contribution in [-0.2, 0) is 0 Å². The van der Waals surface area contributed by atoms with E-state index < -0.39 is 0 Å². The second kappa shape index (κ2) is 8.08. The monoisotopic (exact) mass is 226 g/mol. The van der Waals surface area contributed by atoms with Crippen LogP contribution in [0.1, 0.15) is 52.9 Å². The Hall–Kier alpha value is -0.0800. The van der Waals surface area contributed by atoms with Crippen LogP contribution in [0.4, 0.5) is 0 Å². The van der Waals surface area contributed by atoms with Crippen LogP contribution in [0.5, 0.6) is 0 Å². The zero-order valence-corrected chi connectivity index (χ0v) is 11.5. The lowest BCUT2D eigenvalue weighted by Crippen LogP contribution is -2.34. The Morgan fingerprint density at radius 1 is 1.25 bits per heavy atom. The van der Waals surface area contributed by atoms with E-state index >= 15 is 0 Å². The van der Waals surface area contributed by atoms with Crippen LogP contribution in [0.2, 0.25) is 0 Å². The SMILES string of the molecule is CCCNCCCCN1CCCC1C(C)C. The number of nitrogens with zero attached hydrogens (tertiary/aromatic N) is 1. The number of unbranched alkanes of at least 4 members (excludes halogenated alkanes) is 1. The van der Waals surface area contributed by atoms with Gasteiger partial charge in [0, 0.05) is 6.04 Å². The van der Waals surface area contributed by atoms with E-state index in [0.29, 0.717) is 0 Å². The fourth-order valence-corrected chi connectivity index (χ4v) is 2.75. The first kappa shape index (κ1) is 14.0. The van der Waals surface area contributed by atoms with Crippen molar-refractivity contribution in [3.05, 3.63) is 0 Å². The van der Waals surface area contributed by atoms with Crippen molar-refractivity contribution in [2.75, 3.05) is 26.2 Å². The fraction of sp³-hybridized carbons (Fsp3) is 1.00. The molecule has 1 N–H and O–H groups in total. The molecule has 0 aromatic heterocycles. The third-order valence-electron chi connectivity index (χ3n) is 3.66. The summed E-state index contributed by atoms with van der Waals surface area (Å²) in [4.78, 5) is 2.71. The smallest absolute Gasteiger partial charge is 0.0119 e. The van der Waals surface area contributed by atoms with Crippen molar-refractivity contribution in [2.24, 2.45) is 5.92 Å². The van der Waals surface area contributed by atoms with E-state index in [9.17, 15) is 0 Å². The standard InChI is InChI=1S/C14H30N2/c1-4-9-15-10-5-6-11-16-12-7-8-14(16)13(2)3/h13-15H,4-12H2,1-3H3.